The molecule has 2 aliphatic heterocycles. The van der Waals surface area contributed by atoms with Crippen LogP contribution in [0.25, 0.3) is 0 Å². The Morgan fingerprint density at radius 2 is 2.00 bits per heavy atom. The van der Waals surface area contributed by atoms with Gasteiger partial charge >= 0.3 is 0 Å². The van der Waals surface area contributed by atoms with E-state index in [0.717, 1.165) is 17.3 Å². The lowest BCUT2D eigenvalue weighted by molar-refractivity contribution is -0.158. The predicted octanol–water partition coefficient (Wildman–Crippen LogP) is 2.87. The van der Waals surface area contributed by atoms with Gasteiger partial charge in [0.2, 0.25) is 0 Å². The minimum Gasteiger partial charge on any atom is -0.381 e. The Kier molecular flexibility index (Phi) is 7.24. The number of carbonyl (C=O) groups excluding carboxylic acids is 2. The molecule has 0 unspecified atom stereocenters. The maximum absolute atomic E-state index is 16.3. The number of nitrogens with zero attached hydrogens (tertiary/aromatic N) is 5. The van der Waals surface area contributed by atoms with Crippen LogP contribution in [0.4, 0.5) is 24.8 Å². The number of halogens is 4. The molecule has 5 rings (SSSR count). The fraction of sp³-hybridized carbons (Fsp3) is 0.407. The maximum Gasteiger partial charge on any atom is 0.261 e. The Balaban J connectivity index is 1.52. The highest BCUT2D eigenvalue weighted by atomic mass is 35.5. The van der Waals surface area contributed by atoms with Gasteiger partial charge in [0.05, 0.1) is 29.4 Å². The van der Waals surface area contributed by atoms with Gasteiger partial charge < -0.3 is 20.1 Å². The Labute approximate surface area is 238 Å². The van der Waals surface area contributed by atoms with Crippen molar-refractivity contribution in [1.82, 2.24) is 19.7 Å². The zero-order valence-corrected chi connectivity index (χ0v) is 23.5. The normalized spacial score (nSPS) is 20.5. The monoisotopic (exact) mass is 592 g/mol. The third kappa shape index (κ3) is 4.81. The largest absolute Gasteiger partial charge is 0.381 e. The van der Waals surface area contributed by atoms with E-state index in [2.05, 4.69) is 15.4 Å². The third-order valence-electron chi connectivity index (χ3n) is 7.48. The lowest BCUT2D eigenvalue weighted by Crippen LogP contribution is -2.62. The van der Waals surface area contributed by atoms with Crippen LogP contribution in [0.1, 0.15) is 35.3 Å². The summed E-state index contributed by atoms with van der Waals surface area (Å²) in [6.07, 6.45) is 2.24. The van der Waals surface area contributed by atoms with Crippen molar-refractivity contribution in [1.29, 1.82) is 0 Å². The van der Waals surface area contributed by atoms with Gasteiger partial charge in [0, 0.05) is 56.5 Å². The van der Waals surface area contributed by atoms with E-state index in [1.807, 2.05) is 0 Å². The van der Waals surface area contributed by atoms with Crippen molar-refractivity contribution in [2.75, 3.05) is 43.6 Å². The van der Waals surface area contributed by atoms with E-state index >= 15 is 8.78 Å². The highest BCUT2D eigenvalue weighted by molar-refractivity contribution is 6.30. The average Bonchev–Trinajstić information content (AvgIpc) is 3.22. The lowest BCUT2D eigenvalue weighted by Gasteiger charge is -2.43. The summed E-state index contributed by atoms with van der Waals surface area (Å²) in [5.41, 5.74) is -3.57. The second-order valence-corrected chi connectivity index (χ2v) is 11.2. The van der Waals surface area contributed by atoms with Crippen LogP contribution in [0, 0.1) is 17.5 Å². The Bertz CT molecular complexity index is 1540. The third-order valence-corrected chi connectivity index (χ3v) is 7.78. The van der Waals surface area contributed by atoms with Gasteiger partial charge in [-0.2, -0.15) is 5.10 Å². The fourth-order valence-electron chi connectivity index (χ4n) is 5.47. The molecule has 1 fully saturated rings. The smallest absolute Gasteiger partial charge is 0.261 e. The Morgan fingerprint density at radius 3 is 2.63 bits per heavy atom. The van der Waals surface area contributed by atoms with E-state index in [-0.39, 0.29) is 59.6 Å². The number of aromatic nitrogens is 3. The Morgan fingerprint density at radius 1 is 1.29 bits per heavy atom. The molecule has 10 nitrogen and oxygen atoms in total. The molecular formula is C27H28ClF3N6O4. The number of anilines is 2. The lowest BCUT2D eigenvalue weighted by atomic mass is 9.71. The number of ether oxygens (including phenoxy) is 1. The molecule has 0 bridgehead atoms. The maximum atomic E-state index is 16.3. The molecule has 14 heteroatoms. The summed E-state index contributed by atoms with van der Waals surface area (Å²) in [5.74, 6) is -4.26. The summed E-state index contributed by atoms with van der Waals surface area (Å²) in [6, 6.07) is 3.87. The molecule has 41 heavy (non-hydrogen) atoms. The topological polar surface area (TPSA) is 113 Å². The summed E-state index contributed by atoms with van der Waals surface area (Å²) < 4.78 is 52.6. The van der Waals surface area contributed by atoms with Gasteiger partial charge in [0.15, 0.2) is 28.9 Å². The van der Waals surface area contributed by atoms with E-state index < -0.39 is 46.3 Å². The van der Waals surface area contributed by atoms with Gasteiger partial charge in [-0.1, -0.05) is 23.7 Å². The molecule has 4 heterocycles. The molecule has 2 aromatic heterocycles. The van der Waals surface area contributed by atoms with E-state index in [1.165, 1.54) is 55.8 Å². The number of nitrogens with one attached hydrogen (secondary N) is 1. The molecule has 2 atom stereocenters. The molecule has 2 amide bonds. The number of rotatable bonds is 7. The molecule has 2 N–H and O–H groups in total. The minimum atomic E-state index is -1.71. The average molecular weight is 593 g/mol. The number of aliphatic hydroxyl groups is 1. The first kappa shape index (κ1) is 28.8. The molecule has 0 aliphatic carbocycles. The van der Waals surface area contributed by atoms with E-state index in [9.17, 15) is 19.1 Å². The number of hydrogen-bond donors (Lipinski definition) is 2. The predicted molar refractivity (Wildman–Crippen MR) is 143 cm³/mol. The molecule has 2 aliphatic rings. The van der Waals surface area contributed by atoms with Gasteiger partial charge in [-0.3, -0.25) is 19.2 Å². The second-order valence-electron chi connectivity index (χ2n) is 10.8. The van der Waals surface area contributed by atoms with E-state index in [0.29, 0.717) is 0 Å². The van der Waals surface area contributed by atoms with Crippen LogP contribution in [0.3, 0.4) is 0 Å². The minimum absolute atomic E-state index is 0.00284. The molecule has 0 saturated carbocycles. The van der Waals surface area contributed by atoms with Crippen molar-refractivity contribution in [2.24, 2.45) is 7.05 Å². The molecule has 0 radical (unpaired) electrons. The van der Waals surface area contributed by atoms with Crippen molar-refractivity contribution >= 4 is 35.1 Å². The summed E-state index contributed by atoms with van der Waals surface area (Å²) in [4.78, 5) is 32.7. The van der Waals surface area contributed by atoms with Crippen LogP contribution in [0.5, 0.6) is 0 Å². The van der Waals surface area contributed by atoms with Gasteiger partial charge in [-0.15, -0.1) is 0 Å². The van der Waals surface area contributed by atoms with Crippen LogP contribution < -0.4 is 10.2 Å². The summed E-state index contributed by atoms with van der Waals surface area (Å²) in [6.45, 7) is 2.66. The highest BCUT2D eigenvalue weighted by Crippen LogP contribution is 2.45. The van der Waals surface area contributed by atoms with Crippen LogP contribution in [0.15, 0.2) is 30.6 Å². The fourth-order valence-corrected chi connectivity index (χ4v) is 5.64. The van der Waals surface area contributed by atoms with Crippen molar-refractivity contribution in [3.8, 4) is 0 Å². The van der Waals surface area contributed by atoms with Crippen molar-refractivity contribution in [3.05, 3.63) is 69.8 Å². The number of pyridine rings is 1. The number of aryl methyl sites for hydroxylation is 1. The van der Waals surface area contributed by atoms with E-state index in [4.69, 9.17) is 16.3 Å². The molecule has 0 spiro atoms. The number of methoxy groups -OCH3 is 1. The van der Waals surface area contributed by atoms with Gasteiger partial charge in [-0.25, -0.2) is 18.2 Å². The number of likely N-dealkylation sites (tertiary alicyclic amines) is 1. The number of hydrogen-bond acceptors (Lipinski definition) is 7. The van der Waals surface area contributed by atoms with Gasteiger partial charge in [-0.05, 0) is 19.9 Å². The number of fused-ring (bicyclic) bond motifs is 1. The zero-order chi connectivity index (χ0) is 29.9. The van der Waals surface area contributed by atoms with Crippen molar-refractivity contribution in [2.45, 2.75) is 30.9 Å². The highest BCUT2D eigenvalue weighted by Gasteiger charge is 2.48. The number of benzene rings is 1. The van der Waals surface area contributed by atoms with Crippen LogP contribution in [-0.2, 0) is 22.0 Å². The second kappa shape index (κ2) is 10.3. The van der Waals surface area contributed by atoms with Gasteiger partial charge in [0.1, 0.15) is 5.82 Å². The molecular weight excluding hydrogens is 565 g/mol. The quantitative estimate of drug-likeness (QED) is 0.434. The standard InChI is InChI=1S/C27H28ClF3N6O4/c1-26(16-6-5-7-17(28)20(16)30)12-37(23-18(29)11-35(3)34-23)24(38)15-8-32-22(21(31)19(15)26)33-14-9-36(10-14)25(39)27(2,40)13-41-4/h5-8,11,14,40H,9-10,12-13H2,1-4H3,(H,32,33)/t26-,27-/m1/s1. The zero-order valence-electron chi connectivity index (χ0n) is 22.7. The SMILES string of the molecule is COC[C@@](C)(O)C(=O)N1CC(Nc2ncc3c(c2F)[C@@](C)(c2cccc(Cl)c2F)CN(c2nn(C)cc2F)C3=O)C1. The molecule has 3 aromatic rings. The molecule has 1 saturated heterocycles. The summed E-state index contributed by atoms with van der Waals surface area (Å²) in [5, 5.41) is 17.1. The van der Waals surface area contributed by atoms with Crippen LogP contribution >= 0.6 is 11.6 Å². The first-order valence-corrected chi connectivity index (χ1v) is 13.1. The van der Waals surface area contributed by atoms with E-state index in [1.54, 1.807) is 0 Å². The first-order valence-electron chi connectivity index (χ1n) is 12.7. The van der Waals surface area contributed by atoms with Crippen molar-refractivity contribution < 1.29 is 32.6 Å². The first-order chi connectivity index (χ1) is 19.3. The van der Waals surface area contributed by atoms with Crippen molar-refractivity contribution in [3.63, 3.8) is 0 Å². The molecule has 1 aromatic carbocycles. The summed E-state index contributed by atoms with van der Waals surface area (Å²) in [7, 11) is 2.85. The number of carbonyl (C=O) groups is 2. The van der Waals surface area contributed by atoms with Crippen LogP contribution in [0.2, 0.25) is 5.02 Å². The summed E-state index contributed by atoms with van der Waals surface area (Å²) >= 11 is 6.08. The van der Waals surface area contributed by atoms with Crippen LogP contribution in [-0.4, -0.2) is 81.6 Å². The molecule has 218 valence electrons. The van der Waals surface area contributed by atoms with Gasteiger partial charge in [0.25, 0.3) is 11.8 Å². The Hall–Kier alpha value is -3.68. The number of amides is 2.